The molecule has 1 aliphatic rings. The Bertz CT molecular complexity index is 198. The van der Waals surface area contributed by atoms with E-state index in [4.69, 9.17) is 10.9 Å². The molecule has 14 heavy (non-hydrogen) atoms. The van der Waals surface area contributed by atoms with Gasteiger partial charge in [0.15, 0.2) is 5.84 Å². The normalized spacial score (nSPS) is 23.7. The molecule has 0 radical (unpaired) electrons. The van der Waals surface area contributed by atoms with Crippen LogP contribution < -0.4 is 5.73 Å². The number of hydrogen-bond acceptors (Lipinski definition) is 3. The molecule has 0 aromatic carbocycles. The summed E-state index contributed by atoms with van der Waals surface area (Å²) >= 11 is 0. The second-order valence-electron chi connectivity index (χ2n) is 4.09. The minimum atomic E-state index is 0.0674. The SMILES string of the molecule is CCC1CCN(C(C)/C(N)=N/O)CC1. The van der Waals surface area contributed by atoms with Crippen LogP contribution in [0.5, 0.6) is 0 Å². The van der Waals surface area contributed by atoms with Crippen LogP contribution in [0.2, 0.25) is 0 Å². The predicted octanol–water partition coefficient (Wildman–Crippen LogP) is 1.24. The zero-order chi connectivity index (χ0) is 10.6. The van der Waals surface area contributed by atoms with E-state index in [2.05, 4.69) is 17.0 Å². The molecule has 3 N–H and O–H groups in total. The summed E-state index contributed by atoms with van der Waals surface area (Å²) in [6.45, 7) is 6.36. The fourth-order valence-electron chi connectivity index (χ4n) is 2.02. The van der Waals surface area contributed by atoms with E-state index in [9.17, 15) is 0 Å². The summed E-state index contributed by atoms with van der Waals surface area (Å²) in [4.78, 5) is 2.28. The monoisotopic (exact) mass is 199 g/mol. The van der Waals surface area contributed by atoms with E-state index in [1.165, 1.54) is 19.3 Å². The van der Waals surface area contributed by atoms with Gasteiger partial charge in [-0.1, -0.05) is 18.5 Å². The van der Waals surface area contributed by atoms with Crippen molar-refractivity contribution in [3.63, 3.8) is 0 Å². The third kappa shape index (κ3) is 2.61. The van der Waals surface area contributed by atoms with Crippen LogP contribution in [0.25, 0.3) is 0 Å². The molecule has 1 saturated heterocycles. The summed E-state index contributed by atoms with van der Waals surface area (Å²) in [7, 11) is 0. The van der Waals surface area contributed by atoms with Crippen LogP contribution in [0.15, 0.2) is 5.16 Å². The molecule has 0 spiro atoms. The molecule has 0 bridgehead atoms. The first-order valence-electron chi connectivity index (χ1n) is 5.40. The number of oxime groups is 1. The lowest BCUT2D eigenvalue weighted by Gasteiger charge is -2.35. The highest BCUT2D eigenvalue weighted by Gasteiger charge is 2.23. The number of amidine groups is 1. The summed E-state index contributed by atoms with van der Waals surface area (Å²) in [5.74, 6) is 1.19. The average molecular weight is 199 g/mol. The van der Waals surface area contributed by atoms with E-state index in [1.807, 2.05) is 6.92 Å². The number of nitrogens with zero attached hydrogens (tertiary/aromatic N) is 2. The van der Waals surface area contributed by atoms with Crippen molar-refractivity contribution in [2.24, 2.45) is 16.8 Å². The van der Waals surface area contributed by atoms with Gasteiger partial charge in [0.1, 0.15) is 0 Å². The Morgan fingerprint density at radius 3 is 2.57 bits per heavy atom. The van der Waals surface area contributed by atoms with Crippen LogP contribution in [0.4, 0.5) is 0 Å². The van der Waals surface area contributed by atoms with E-state index < -0.39 is 0 Å². The maximum Gasteiger partial charge on any atom is 0.156 e. The van der Waals surface area contributed by atoms with E-state index in [-0.39, 0.29) is 6.04 Å². The van der Waals surface area contributed by atoms with E-state index in [0.717, 1.165) is 19.0 Å². The predicted molar refractivity (Wildman–Crippen MR) is 57.5 cm³/mol. The Balaban J connectivity index is 2.41. The molecule has 1 fully saturated rings. The van der Waals surface area contributed by atoms with Crippen LogP contribution in [0, 0.1) is 5.92 Å². The van der Waals surface area contributed by atoms with Crippen LogP contribution in [-0.2, 0) is 0 Å². The Kier molecular flexibility index (Phi) is 4.20. The molecule has 1 atom stereocenters. The standard InChI is InChI=1S/C10H21N3O/c1-3-9-4-6-13(7-5-9)8(2)10(11)12-14/h8-9,14H,3-7H2,1-2H3,(H2,11,12). The molecule has 0 aromatic rings. The van der Waals surface area contributed by atoms with Crippen molar-refractivity contribution < 1.29 is 5.21 Å². The zero-order valence-electron chi connectivity index (χ0n) is 9.11. The summed E-state index contributed by atoms with van der Waals surface area (Å²) in [5.41, 5.74) is 5.57. The molecular weight excluding hydrogens is 178 g/mol. The van der Waals surface area contributed by atoms with Gasteiger partial charge in [-0.2, -0.15) is 0 Å². The summed E-state index contributed by atoms with van der Waals surface area (Å²) in [6.07, 6.45) is 3.74. The highest BCUT2D eigenvalue weighted by molar-refractivity contribution is 5.84. The van der Waals surface area contributed by atoms with Gasteiger partial charge in [-0.3, -0.25) is 4.90 Å². The van der Waals surface area contributed by atoms with Crippen LogP contribution in [0.3, 0.4) is 0 Å². The summed E-state index contributed by atoms with van der Waals surface area (Å²) in [5, 5.41) is 11.6. The number of likely N-dealkylation sites (tertiary alicyclic amines) is 1. The Morgan fingerprint density at radius 1 is 1.57 bits per heavy atom. The van der Waals surface area contributed by atoms with Crippen molar-refractivity contribution in [3.05, 3.63) is 0 Å². The molecule has 0 saturated carbocycles. The molecule has 1 rings (SSSR count). The quantitative estimate of drug-likeness (QED) is 0.311. The molecule has 0 amide bonds. The van der Waals surface area contributed by atoms with Gasteiger partial charge in [0.05, 0.1) is 6.04 Å². The van der Waals surface area contributed by atoms with Crippen LogP contribution >= 0.6 is 0 Å². The fourth-order valence-corrected chi connectivity index (χ4v) is 2.02. The first kappa shape index (κ1) is 11.3. The van der Waals surface area contributed by atoms with Gasteiger partial charge < -0.3 is 10.9 Å². The molecule has 4 heteroatoms. The van der Waals surface area contributed by atoms with Crippen LogP contribution in [0.1, 0.15) is 33.1 Å². The topological polar surface area (TPSA) is 61.8 Å². The van der Waals surface area contributed by atoms with Gasteiger partial charge in [-0.25, -0.2) is 0 Å². The highest BCUT2D eigenvalue weighted by atomic mass is 16.4. The van der Waals surface area contributed by atoms with Gasteiger partial charge in [0.2, 0.25) is 0 Å². The summed E-state index contributed by atoms with van der Waals surface area (Å²) in [6, 6.07) is 0.0674. The lowest BCUT2D eigenvalue weighted by molar-refractivity contribution is 0.164. The third-order valence-corrected chi connectivity index (χ3v) is 3.32. The number of hydrogen-bond donors (Lipinski definition) is 2. The fraction of sp³-hybridized carbons (Fsp3) is 0.900. The van der Waals surface area contributed by atoms with E-state index >= 15 is 0 Å². The van der Waals surface area contributed by atoms with E-state index in [1.54, 1.807) is 0 Å². The van der Waals surface area contributed by atoms with Gasteiger partial charge in [-0.15, -0.1) is 0 Å². The maximum atomic E-state index is 8.57. The van der Waals surface area contributed by atoms with Crippen molar-refractivity contribution >= 4 is 5.84 Å². The van der Waals surface area contributed by atoms with Gasteiger partial charge in [-0.05, 0) is 38.8 Å². The molecule has 1 heterocycles. The molecule has 82 valence electrons. The first-order chi connectivity index (χ1) is 6.69. The first-order valence-corrected chi connectivity index (χ1v) is 5.40. The van der Waals surface area contributed by atoms with Crippen molar-refractivity contribution in [1.29, 1.82) is 0 Å². The second kappa shape index (κ2) is 5.20. The number of piperidine rings is 1. The number of rotatable bonds is 3. The van der Waals surface area contributed by atoms with Gasteiger partial charge >= 0.3 is 0 Å². The highest BCUT2D eigenvalue weighted by Crippen LogP contribution is 2.21. The van der Waals surface area contributed by atoms with Crippen LogP contribution in [-0.4, -0.2) is 35.1 Å². The Labute approximate surface area is 85.8 Å². The maximum absolute atomic E-state index is 8.57. The molecular formula is C10H21N3O. The van der Waals surface area contributed by atoms with Crippen molar-refractivity contribution in [3.8, 4) is 0 Å². The Morgan fingerprint density at radius 2 is 2.14 bits per heavy atom. The second-order valence-corrected chi connectivity index (χ2v) is 4.09. The molecule has 1 aliphatic heterocycles. The van der Waals surface area contributed by atoms with Crippen molar-refractivity contribution in [2.45, 2.75) is 39.2 Å². The lowest BCUT2D eigenvalue weighted by Crippen LogP contribution is -2.46. The minimum Gasteiger partial charge on any atom is -0.409 e. The summed E-state index contributed by atoms with van der Waals surface area (Å²) < 4.78 is 0. The third-order valence-electron chi connectivity index (χ3n) is 3.32. The largest absolute Gasteiger partial charge is 0.409 e. The Hall–Kier alpha value is -0.770. The van der Waals surface area contributed by atoms with Gasteiger partial charge in [0.25, 0.3) is 0 Å². The molecule has 0 aromatic heterocycles. The smallest absolute Gasteiger partial charge is 0.156 e. The van der Waals surface area contributed by atoms with Gasteiger partial charge in [0, 0.05) is 0 Å². The van der Waals surface area contributed by atoms with Crippen molar-refractivity contribution in [1.82, 2.24) is 4.90 Å². The zero-order valence-corrected chi connectivity index (χ0v) is 9.11. The van der Waals surface area contributed by atoms with E-state index in [0.29, 0.717) is 5.84 Å². The lowest BCUT2D eigenvalue weighted by atomic mass is 9.93. The van der Waals surface area contributed by atoms with Crippen molar-refractivity contribution in [2.75, 3.05) is 13.1 Å². The molecule has 4 nitrogen and oxygen atoms in total. The molecule has 1 unspecified atom stereocenters. The number of nitrogens with two attached hydrogens (primary N) is 1. The molecule has 0 aliphatic carbocycles. The minimum absolute atomic E-state index is 0.0674. The average Bonchev–Trinajstić information content (AvgIpc) is 2.27.